The number of H-pyrrole nitrogens is 1. The Morgan fingerprint density at radius 1 is 1.29 bits per heavy atom. The number of benzene rings is 1. The fraction of sp³-hybridized carbons (Fsp3) is 0.333. The summed E-state index contributed by atoms with van der Waals surface area (Å²) < 4.78 is 5.08. The van der Waals surface area contributed by atoms with Gasteiger partial charge in [0.15, 0.2) is 0 Å². The van der Waals surface area contributed by atoms with Crippen molar-refractivity contribution in [3.05, 3.63) is 30.5 Å². The highest BCUT2D eigenvalue weighted by molar-refractivity contribution is 5.80. The van der Waals surface area contributed by atoms with Crippen LogP contribution in [0, 0.1) is 0 Å². The van der Waals surface area contributed by atoms with Gasteiger partial charge in [-0.3, -0.25) is 0 Å². The van der Waals surface area contributed by atoms with Crippen molar-refractivity contribution in [1.29, 1.82) is 0 Å². The van der Waals surface area contributed by atoms with Gasteiger partial charge in [0.2, 0.25) is 0 Å². The molecule has 0 aliphatic carbocycles. The third-order valence-electron chi connectivity index (χ3n) is 1.76. The molecule has 2 aromatic rings. The number of ether oxygens (including phenoxy) is 1. The fourth-order valence-corrected chi connectivity index (χ4v) is 1.16. The van der Waals surface area contributed by atoms with Gasteiger partial charge in [0.1, 0.15) is 5.75 Å². The van der Waals surface area contributed by atoms with Crippen LogP contribution in [0.4, 0.5) is 0 Å². The molecule has 0 saturated carbocycles. The molecular formula is C12H19NO. The normalized spacial score (nSPS) is 9.36. The van der Waals surface area contributed by atoms with Crippen LogP contribution in [0.25, 0.3) is 10.9 Å². The van der Waals surface area contributed by atoms with E-state index in [0.717, 1.165) is 11.3 Å². The molecule has 0 amide bonds. The largest absolute Gasteiger partial charge is 0.497 e. The van der Waals surface area contributed by atoms with E-state index in [4.69, 9.17) is 4.74 Å². The van der Waals surface area contributed by atoms with Gasteiger partial charge in [0, 0.05) is 18.5 Å². The van der Waals surface area contributed by atoms with Crippen molar-refractivity contribution in [2.45, 2.75) is 20.3 Å². The molecule has 0 fully saturated rings. The van der Waals surface area contributed by atoms with E-state index in [1.165, 1.54) is 11.8 Å². The Morgan fingerprint density at radius 2 is 2.00 bits per heavy atom. The Hall–Kier alpha value is -1.44. The lowest BCUT2D eigenvalue weighted by Gasteiger charge is -1.97. The topological polar surface area (TPSA) is 25.0 Å². The average Bonchev–Trinajstić information content (AvgIpc) is 2.65. The van der Waals surface area contributed by atoms with Crippen molar-refractivity contribution in [1.82, 2.24) is 4.98 Å². The van der Waals surface area contributed by atoms with Gasteiger partial charge in [-0.05, 0) is 24.3 Å². The molecule has 1 aromatic carbocycles. The van der Waals surface area contributed by atoms with E-state index in [1.54, 1.807) is 7.11 Å². The standard InChI is InChI=1S/C9H9NO.C3H8.H2/c1-11-8-2-3-9-7(6-8)4-5-10-9;1-3-2;/h2-6,10H,1H3;3H2,1-2H3;1H. The number of aromatic nitrogens is 1. The maximum absolute atomic E-state index is 5.08. The third kappa shape index (κ3) is 2.52. The zero-order valence-electron chi connectivity index (χ0n) is 9.00. The van der Waals surface area contributed by atoms with Crippen LogP contribution in [-0.2, 0) is 0 Å². The van der Waals surface area contributed by atoms with Crippen molar-refractivity contribution in [3.8, 4) is 5.75 Å². The summed E-state index contributed by atoms with van der Waals surface area (Å²) in [5.74, 6) is 0.900. The maximum Gasteiger partial charge on any atom is 0.119 e. The first-order valence-electron chi connectivity index (χ1n) is 4.93. The van der Waals surface area contributed by atoms with Gasteiger partial charge in [0.05, 0.1) is 7.11 Å². The summed E-state index contributed by atoms with van der Waals surface area (Å²) in [5.41, 5.74) is 1.14. The first-order valence-corrected chi connectivity index (χ1v) is 4.93. The highest BCUT2D eigenvalue weighted by Crippen LogP contribution is 2.18. The summed E-state index contributed by atoms with van der Waals surface area (Å²) in [4.78, 5) is 3.12. The lowest BCUT2D eigenvalue weighted by atomic mass is 10.2. The molecule has 2 heteroatoms. The van der Waals surface area contributed by atoms with Gasteiger partial charge in [-0.2, -0.15) is 0 Å². The van der Waals surface area contributed by atoms with Gasteiger partial charge in [0.25, 0.3) is 0 Å². The fourth-order valence-electron chi connectivity index (χ4n) is 1.16. The molecule has 0 atom stereocenters. The summed E-state index contributed by atoms with van der Waals surface area (Å²) in [6.07, 6.45) is 3.17. The van der Waals surface area contributed by atoms with Crippen LogP contribution in [-0.4, -0.2) is 12.1 Å². The zero-order chi connectivity index (χ0) is 10.4. The van der Waals surface area contributed by atoms with Gasteiger partial charge >= 0.3 is 0 Å². The van der Waals surface area contributed by atoms with Crippen LogP contribution in [0.5, 0.6) is 5.75 Å². The molecule has 0 bridgehead atoms. The SMILES string of the molecule is CCC.COc1ccc2[nH]ccc2c1.[HH]. The number of hydrogen-bond donors (Lipinski definition) is 1. The van der Waals surface area contributed by atoms with Crippen LogP contribution >= 0.6 is 0 Å². The molecule has 0 unspecified atom stereocenters. The van der Waals surface area contributed by atoms with Crippen LogP contribution < -0.4 is 4.74 Å². The summed E-state index contributed by atoms with van der Waals surface area (Å²) in [6, 6.07) is 7.98. The summed E-state index contributed by atoms with van der Waals surface area (Å²) in [5, 5.41) is 1.18. The summed E-state index contributed by atoms with van der Waals surface area (Å²) in [6.45, 7) is 4.25. The number of rotatable bonds is 1. The molecule has 0 aliphatic rings. The predicted octanol–water partition coefficient (Wildman–Crippen LogP) is 3.84. The Kier molecular flexibility index (Phi) is 4.05. The van der Waals surface area contributed by atoms with E-state index >= 15 is 0 Å². The maximum atomic E-state index is 5.08. The van der Waals surface area contributed by atoms with Crippen LogP contribution in [0.2, 0.25) is 0 Å². The smallest absolute Gasteiger partial charge is 0.119 e. The van der Waals surface area contributed by atoms with Crippen molar-refractivity contribution >= 4 is 10.9 Å². The van der Waals surface area contributed by atoms with Gasteiger partial charge in [-0.25, -0.2) is 0 Å². The second kappa shape index (κ2) is 5.32. The number of hydrogen-bond acceptors (Lipinski definition) is 1. The number of fused-ring (bicyclic) bond motifs is 1. The molecule has 2 nitrogen and oxygen atoms in total. The molecular weight excluding hydrogens is 174 g/mol. The third-order valence-corrected chi connectivity index (χ3v) is 1.76. The van der Waals surface area contributed by atoms with E-state index < -0.39 is 0 Å². The molecule has 0 aliphatic heterocycles. The highest BCUT2D eigenvalue weighted by atomic mass is 16.5. The lowest BCUT2D eigenvalue weighted by Crippen LogP contribution is -1.80. The van der Waals surface area contributed by atoms with Crippen LogP contribution in [0.1, 0.15) is 21.7 Å². The van der Waals surface area contributed by atoms with Crippen LogP contribution in [0.15, 0.2) is 30.5 Å². The summed E-state index contributed by atoms with van der Waals surface area (Å²) >= 11 is 0. The zero-order valence-corrected chi connectivity index (χ0v) is 9.00. The highest BCUT2D eigenvalue weighted by Gasteiger charge is 1.94. The number of methoxy groups -OCH3 is 1. The van der Waals surface area contributed by atoms with Crippen molar-refractivity contribution in [2.24, 2.45) is 0 Å². The second-order valence-electron chi connectivity index (χ2n) is 3.14. The van der Waals surface area contributed by atoms with Crippen molar-refractivity contribution in [2.75, 3.05) is 7.11 Å². The first kappa shape index (κ1) is 10.6. The van der Waals surface area contributed by atoms with Crippen LogP contribution in [0.3, 0.4) is 0 Å². The minimum absolute atomic E-state index is 0. The molecule has 1 aromatic heterocycles. The van der Waals surface area contributed by atoms with Gasteiger partial charge in [-0.1, -0.05) is 20.3 Å². The van der Waals surface area contributed by atoms with E-state index in [0.29, 0.717) is 0 Å². The Bertz CT molecular complexity index is 384. The van der Waals surface area contributed by atoms with E-state index in [9.17, 15) is 0 Å². The summed E-state index contributed by atoms with van der Waals surface area (Å²) in [7, 11) is 1.67. The molecule has 0 saturated heterocycles. The molecule has 78 valence electrons. The molecule has 1 N–H and O–H groups in total. The molecule has 1 heterocycles. The van der Waals surface area contributed by atoms with Gasteiger partial charge < -0.3 is 9.72 Å². The average molecular weight is 193 g/mol. The number of aromatic amines is 1. The molecule has 14 heavy (non-hydrogen) atoms. The predicted molar refractivity (Wildman–Crippen MR) is 62.9 cm³/mol. The lowest BCUT2D eigenvalue weighted by molar-refractivity contribution is 0.415. The number of nitrogens with one attached hydrogen (secondary N) is 1. The molecule has 0 spiro atoms. The molecule has 0 radical (unpaired) electrons. The Balaban J connectivity index is 0.000000443. The van der Waals surface area contributed by atoms with Gasteiger partial charge in [-0.15, -0.1) is 0 Å². The Labute approximate surface area is 86.4 Å². The minimum Gasteiger partial charge on any atom is -0.497 e. The second-order valence-corrected chi connectivity index (χ2v) is 3.14. The minimum atomic E-state index is 0. The van der Waals surface area contributed by atoms with Crippen molar-refractivity contribution < 1.29 is 6.16 Å². The Morgan fingerprint density at radius 3 is 2.64 bits per heavy atom. The quantitative estimate of drug-likeness (QED) is 0.731. The first-order chi connectivity index (χ1) is 6.81. The van der Waals surface area contributed by atoms with E-state index in [-0.39, 0.29) is 1.43 Å². The monoisotopic (exact) mass is 193 g/mol. The van der Waals surface area contributed by atoms with Crippen molar-refractivity contribution in [3.63, 3.8) is 0 Å². The van der Waals surface area contributed by atoms with E-state index in [2.05, 4.69) is 18.8 Å². The van der Waals surface area contributed by atoms with E-state index in [1.807, 2.05) is 30.5 Å². The molecule has 2 rings (SSSR count).